The second kappa shape index (κ2) is 10.3. The number of benzene rings is 3. The molecule has 2 aliphatic heterocycles. The monoisotopic (exact) mass is 619 g/mol. The molecule has 0 saturated carbocycles. The number of imide groups is 1. The van der Waals surface area contributed by atoms with Crippen molar-refractivity contribution in [1.82, 2.24) is 4.57 Å². The third-order valence-corrected chi connectivity index (χ3v) is 10.0. The molecule has 1 aromatic heterocycles. The van der Waals surface area contributed by atoms with Gasteiger partial charge in [0.2, 0.25) is 17.7 Å². The van der Waals surface area contributed by atoms with Gasteiger partial charge in [0.1, 0.15) is 11.8 Å². The molecule has 10 heteroatoms. The van der Waals surface area contributed by atoms with Crippen LogP contribution in [0, 0.1) is 12.8 Å². The third-order valence-electron chi connectivity index (χ3n) is 6.91. The van der Waals surface area contributed by atoms with Gasteiger partial charge in [-0.15, -0.1) is 0 Å². The van der Waals surface area contributed by atoms with Crippen LogP contribution in [0.4, 0.5) is 11.4 Å². The average Bonchev–Trinajstić information content (AvgIpc) is 3.36. The number of anilines is 2. The summed E-state index contributed by atoms with van der Waals surface area (Å²) in [6.07, 6.45) is 0. The number of halogens is 1. The average molecular weight is 621 g/mol. The molecular formula is C29H22BrN3O4S2. The number of nitrogens with zero attached hydrogens (tertiary/aromatic N) is 2. The van der Waals surface area contributed by atoms with Crippen molar-refractivity contribution in [3.8, 4) is 0 Å². The molecule has 3 aromatic carbocycles. The van der Waals surface area contributed by atoms with E-state index >= 15 is 0 Å². The van der Waals surface area contributed by atoms with Crippen molar-refractivity contribution in [3.63, 3.8) is 0 Å². The number of fused-ring (bicyclic) bond motifs is 2. The van der Waals surface area contributed by atoms with E-state index in [0.29, 0.717) is 21.3 Å². The molecule has 2 unspecified atom stereocenters. The van der Waals surface area contributed by atoms with Crippen LogP contribution < -0.4 is 15.1 Å². The Morgan fingerprint density at radius 2 is 1.69 bits per heavy atom. The Kier molecular flexibility index (Phi) is 6.78. The van der Waals surface area contributed by atoms with E-state index in [1.165, 1.54) is 21.2 Å². The normalized spacial score (nSPS) is 20.1. The molecule has 0 bridgehead atoms. The first kappa shape index (κ1) is 25.8. The highest BCUT2D eigenvalue weighted by molar-refractivity contribution is 9.10. The smallest absolute Gasteiger partial charge is 0.308 e. The Balaban J connectivity index is 1.41. The first-order valence-corrected chi connectivity index (χ1v) is 14.8. The predicted molar refractivity (Wildman–Crippen MR) is 156 cm³/mol. The number of aryl methyl sites for hydroxylation is 1. The van der Waals surface area contributed by atoms with Gasteiger partial charge in [0.25, 0.3) is 0 Å². The lowest BCUT2D eigenvalue weighted by atomic mass is 9.83. The van der Waals surface area contributed by atoms with E-state index in [0.717, 1.165) is 26.9 Å². The molecule has 0 radical (unpaired) electrons. The Morgan fingerprint density at radius 3 is 2.41 bits per heavy atom. The Labute approximate surface area is 241 Å². The number of rotatable bonds is 5. The molecule has 3 heterocycles. The van der Waals surface area contributed by atoms with Crippen LogP contribution >= 0.6 is 39.0 Å². The maximum absolute atomic E-state index is 13.9. The molecule has 0 spiro atoms. The SMILES string of the molecule is Cc1ccc(NC(=O)Cn2c3c(sc2=O)[C@H](c2cccc(Br)c2)C2C(=O)N(c4ccccc4)C(=O)C2S3)cc1. The largest absolute Gasteiger partial charge is 0.325 e. The summed E-state index contributed by atoms with van der Waals surface area (Å²) in [5.74, 6) is -2.14. The van der Waals surface area contributed by atoms with Crippen molar-refractivity contribution in [2.45, 2.75) is 29.7 Å². The van der Waals surface area contributed by atoms with Crippen LogP contribution in [0.15, 0.2) is 93.2 Å². The van der Waals surface area contributed by atoms with Gasteiger partial charge in [0.05, 0.1) is 16.6 Å². The van der Waals surface area contributed by atoms with Gasteiger partial charge in [0, 0.05) is 21.0 Å². The summed E-state index contributed by atoms with van der Waals surface area (Å²) in [5, 5.41) is 2.68. The van der Waals surface area contributed by atoms with E-state index in [4.69, 9.17) is 0 Å². The third kappa shape index (κ3) is 4.66. The Morgan fingerprint density at radius 1 is 0.949 bits per heavy atom. The van der Waals surface area contributed by atoms with E-state index in [1.807, 2.05) is 61.5 Å². The second-order valence-corrected chi connectivity index (χ2v) is 12.5. The van der Waals surface area contributed by atoms with Crippen molar-refractivity contribution in [3.05, 3.63) is 109 Å². The summed E-state index contributed by atoms with van der Waals surface area (Å²) in [7, 11) is 0. The molecule has 39 heavy (non-hydrogen) atoms. The molecule has 196 valence electrons. The van der Waals surface area contributed by atoms with Gasteiger partial charge in [-0.2, -0.15) is 0 Å². The Bertz CT molecular complexity index is 1670. The minimum absolute atomic E-state index is 0.196. The topological polar surface area (TPSA) is 88.5 Å². The van der Waals surface area contributed by atoms with E-state index in [-0.39, 0.29) is 29.1 Å². The first-order chi connectivity index (χ1) is 18.8. The van der Waals surface area contributed by atoms with E-state index < -0.39 is 17.1 Å². The highest BCUT2D eigenvalue weighted by Crippen LogP contribution is 2.54. The van der Waals surface area contributed by atoms with Gasteiger partial charge in [-0.05, 0) is 48.9 Å². The number of nitrogens with one attached hydrogen (secondary N) is 1. The molecule has 0 aliphatic carbocycles. The standard InChI is InChI=1S/C29H22BrN3O4S2/c1-16-10-12-19(13-11-16)31-21(34)15-32-28-25(39-29(32)37)22(17-6-5-7-18(30)14-17)23-24(38-28)27(36)33(26(23)35)20-8-3-2-4-9-20/h2-14,22-24H,15H2,1H3,(H,31,34)/t22-,23?,24?/m1/s1. The zero-order valence-electron chi connectivity index (χ0n) is 20.7. The maximum Gasteiger partial charge on any atom is 0.308 e. The molecule has 1 N–H and O–H groups in total. The van der Waals surface area contributed by atoms with Crippen molar-refractivity contribution < 1.29 is 14.4 Å². The zero-order chi connectivity index (χ0) is 27.3. The number of thioether (sulfide) groups is 1. The van der Waals surface area contributed by atoms with Crippen LogP contribution in [0.1, 0.15) is 21.9 Å². The highest BCUT2D eigenvalue weighted by atomic mass is 79.9. The van der Waals surface area contributed by atoms with Crippen LogP contribution in [-0.4, -0.2) is 27.5 Å². The molecule has 1 fully saturated rings. The fourth-order valence-corrected chi connectivity index (χ4v) is 8.32. The van der Waals surface area contributed by atoms with E-state index in [1.54, 1.807) is 24.3 Å². The maximum atomic E-state index is 13.9. The molecule has 2 aliphatic rings. The van der Waals surface area contributed by atoms with Crippen molar-refractivity contribution in [2.24, 2.45) is 5.92 Å². The van der Waals surface area contributed by atoms with Crippen molar-refractivity contribution in [1.29, 1.82) is 0 Å². The van der Waals surface area contributed by atoms with Gasteiger partial charge >= 0.3 is 4.87 Å². The highest BCUT2D eigenvalue weighted by Gasteiger charge is 2.56. The lowest BCUT2D eigenvalue weighted by molar-refractivity contribution is -0.122. The van der Waals surface area contributed by atoms with Crippen LogP contribution in [0.5, 0.6) is 0 Å². The fourth-order valence-electron chi connectivity index (χ4n) is 5.13. The number of hydrogen-bond acceptors (Lipinski definition) is 6. The van der Waals surface area contributed by atoms with Gasteiger partial charge in [0.15, 0.2) is 0 Å². The minimum Gasteiger partial charge on any atom is -0.325 e. The van der Waals surface area contributed by atoms with Crippen LogP contribution in [-0.2, 0) is 20.9 Å². The van der Waals surface area contributed by atoms with E-state index in [2.05, 4.69) is 21.2 Å². The van der Waals surface area contributed by atoms with Crippen LogP contribution in [0.2, 0.25) is 0 Å². The summed E-state index contributed by atoms with van der Waals surface area (Å²) >= 11 is 5.76. The lowest BCUT2D eigenvalue weighted by Crippen LogP contribution is -2.33. The predicted octanol–water partition coefficient (Wildman–Crippen LogP) is 5.42. The van der Waals surface area contributed by atoms with E-state index in [9.17, 15) is 19.2 Å². The number of carbonyl (C=O) groups is 3. The number of carbonyl (C=O) groups excluding carboxylic acids is 3. The second-order valence-electron chi connectivity index (χ2n) is 9.48. The van der Waals surface area contributed by atoms with Gasteiger partial charge in [-0.3, -0.25) is 23.7 Å². The summed E-state index contributed by atoms with van der Waals surface area (Å²) < 4.78 is 2.26. The number of amides is 3. The van der Waals surface area contributed by atoms with Gasteiger partial charge in [-0.25, -0.2) is 4.90 Å². The summed E-state index contributed by atoms with van der Waals surface area (Å²) in [5.41, 5.74) is 3.06. The zero-order valence-corrected chi connectivity index (χ0v) is 23.9. The molecule has 4 aromatic rings. The number of thiazole rings is 1. The van der Waals surface area contributed by atoms with Crippen molar-refractivity contribution in [2.75, 3.05) is 10.2 Å². The van der Waals surface area contributed by atoms with Gasteiger partial charge < -0.3 is 5.32 Å². The summed E-state index contributed by atoms with van der Waals surface area (Å²) in [4.78, 5) is 55.5. The minimum atomic E-state index is -0.727. The first-order valence-electron chi connectivity index (χ1n) is 12.3. The molecule has 1 saturated heterocycles. The molecule has 3 amide bonds. The summed E-state index contributed by atoms with van der Waals surface area (Å²) in [6.45, 7) is 1.77. The fraction of sp³-hybridized carbons (Fsp3) is 0.172. The Hall–Kier alpha value is -3.47. The summed E-state index contributed by atoms with van der Waals surface area (Å²) in [6, 6.07) is 23.9. The van der Waals surface area contributed by atoms with Gasteiger partial charge in [-0.1, -0.05) is 87.1 Å². The number of aromatic nitrogens is 1. The number of para-hydroxylation sites is 1. The van der Waals surface area contributed by atoms with Crippen LogP contribution in [0.25, 0.3) is 0 Å². The van der Waals surface area contributed by atoms with Crippen molar-refractivity contribution >= 4 is 68.1 Å². The molecule has 7 nitrogen and oxygen atoms in total. The molecule has 3 atom stereocenters. The van der Waals surface area contributed by atoms with Crippen LogP contribution in [0.3, 0.4) is 0 Å². The molecule has 6 rings (SSSR count). The quantitative estimate of drug-likeness (QED) is 0.302. The lowest BCUT2D eigenvalue weighted by Gasteiger charge is -2.30. The molecular weight excluding hydrogens is 598 g/mol. The number of hydrogen-bond donors (Lipinski definition) is 1.